The number of piperidine rings is 1. The van der Waals surface area contributed by atoms with Gasteiger partial charge in [0.2, 0.25) is 5.91 Å². The summed E-state index contributed by atoms with van der Waals surface area (Å²) in [5.74, 6) is -2.85. The third-order valence-electron chi connectivity index (χ3n) is 5.65. The number of nitrogens with one attached hydrogen (secondary N) is 1. The van der Waals surface area contributed by atoms with E-state index in [1.165, 1.54) is 14.2 Å². The standard InChI is InChI=1S/C20H26N2O5/c1-20(2)11-22(10-12-8-6-5-7-9-12)17(23)14-13(18(24)26-3)15(19(25)27-4)21-16(14)20/h5-9,13-16,21H,10-11H2,1-4H3/t13-,14-,15-,16+/m1/s1. The summed E-state index contributed by atoms with van der Waals surface area (Å²) >= 11 is 0. The lowest BCUT2D eigenvalue weighted by Crippen LogP contribution is -2.59. The number of amides is 1. The first kappa shape index (κ1) is 19.4. The first-order valence-corrected chi connectivity index (χ1v) is 9.04. The molecular formula is C20H26N2O5. The number of carbonyl (C=O) groups is 3. The van der Waals surface area contributed by atoms with Crippen molar-refractivity contribution in [1.29, 1.82) is 0 Å². The lowest BCUT2D eigenvalue weighted by molar-refractivity contribution is -0.159. The number of carbonyl (C=O) groups excluding carboxylic acids is 3. The molecule has 3 rings (SSSR count). The molecule has 7 heteroatoms. The van der Waals surface area contributed by atoms with Gasteiger partial charge in [-0.2, -0.15) is 0 Å². The Hall–Kier alpha value is -2.41. The number of hydrogen-bond donors (Lipinski definition) is 1. The zero-order valence-electron chi connectivity index (χ0n) is 16.1. The molecule has 4 atom stereocenters. The summed E-state index contributed by atoms with van der Waals surface area (Å²) in [5.41, 5.74) is 0.688. The summed E-state index contributed by atoms with van der Waals surface area (Å²) in [6.45, 7) is 5.06. The first-order chi connectivity index (χ1) is 12.8. The molecule has 2 saturated heterocycles. The van der Waals surface area contributed by atoms with Crippen LogP contribution in [0.2, 0.25) is 0 Å². The van der Waals surface area contributed by atoms with Crippen LogP contribution in [0.5, 0.6) is 0 Å². The van der Waals surface area contributed by atoms with E-state index in [9.17, 15) is 14.4 Å². The Morgan fingerprint density at radius 2 is 1.78 bits per heavy atom. The summed E-state index contributed by atoms with van der Waals surface area (Å²) in [6, 6.07) is 8.51. The minimum atomic E-state index is -0.905. The average Bonchev–Trinajstić information content (AvgIpc) is 3.07. The highest BCUT2D eigenvalue weighted by Gasteiger charge is 2.61. The Kier molecular flexibility index (Phi) is 5.24. The highest BCUT2D eigenvalue weighted by molar-refractivity contribution is 5.93. The highest BCUT2D eigenvalue weighted by atomic mass is 16.5. The summed E-state index contributed by atoms with van der Waals surface area (Å²) in [6.07, 6.45) is 0. The monoisotopic (exact) mass is 374 g/mol. The van der Waals surface area contributed by atoms with E-state index in [4.69, 9.17) is 9.47 Å². The Labute approximate surface area is 159 Å². The fourth-order valence-electron chi connectivity index (χ4n) is 4.40. The smallest absolute Gasteiger partial charge is 0.323 e. The molecule has 2 aliphatic heterocycles. The molecule has 0 unspecified atom stereocenters. The zero-order valence-corrected chi connectivity index (χ0v) is 16.1. The number of rotatable bonds is 4. The van der Waals surface area contributed by atoms with Gasteiger partial charge in [0.25, 0.3) is 0 Å². The SMILES string of the molecule is COC(=O)[C@@H]1[C@H]2C(=O)N(Cc3ccccc3)CC(C)(C)[C@H]2N[C@H]1C(=O)OC. The number of nitrogens with zero attached hydrogens (tertiary/aromatic N) is 1. The van der Waals surface area contributed by atoms with Crippen LogP contribution in [-0.4, -0.2) is 55.6 Å². The molecule has 1 aromatic rings. The normalized spacial score (nSPS) is 29.2. The maximum absolute atomic E-state index is 13.3. The molecule has 0 radical (unpaired) electrons. The predicted octanol–water partition coefficient (Wildman–Crippen LogP) is 0.974. The number of methoxy groups -OCH3 is 2. The second-order valence-electron chi connectivity index (χ2n) is 7.89. The molecule has 0 aliphatic carbocycles. The molecule has 0 aromatic heterocycles. The van der Waals surface area contributed by atoms with E-state index in [0.717, 1.165) is 5.56 Å². The number of ether oxygens (including phenoxy) is 2. The van der Waals surface area contributed by atoms with Crippen molar-refractivity contribution in [1.82, 2.24) is 10.2 Å². The van der Waals surface area contributed by atoms with E-state index in [0.29, 0.717) is 13.1 Å². The summed E-state index contributed by atoms with van der Waals surface area (Å²) in [5, 5.41) is 3.19. The lowest BCUT2D eigenvalue weighted by Gasteiger charge is -2.46. The van der Waals surface area contributed by atoms with Crippen LogP contribution < -0.4 is 5.32 Å². The van der Waals surface area contributed by atoms with Crippen molar-refractivity contribution >= 4 is 17.8 Å². The Morgan fingerprint density at radius 3 is 2.37 bits per heavy atom. The van der Waals surface area contributed by atoms with Gasteiger partial charge in [-0.25, -0.2) is 0 Å². The molecule has 0 saturated carbocycles. The van der Waals surface area contributed by atoms with Crippen LogP contribution in [0.25, 0.3) is 0 Å². The lowest BCUT2D eigenvalue weighted by atomic mass is 9.71. The molecule has 2 heterocycles. The third kappa shape index (κ3) is 3.43. The van der Waals surface area contributed by atoms with Crippen LogP contribution in [0.15, 0.2) is 30.3 Å². The van der Waals surface area contributed by atoms with Crippen molar-refractivity contribution in [2.45, 2.75) is 32.5 Å². The van der Waals surface area contributed by atoms with Gasteiger partial charge in [0.15, 0.2) is 0 Å². The summed E-state index contributed by atoms with van der Waals surface area (Å²) in [7, 11) is 2.54. The second kappa shape index (κ2) is 7.31. The van der Waals surface area contributed by atoms with Gasteiger partial charge in [-0.05, 0) is 11.0 Å². The average molecular weight is 374 g/mol. The van der Waals surface area contributed by atoms with Gasteiger partial charge >= 0.3 is 11.9 Å². The van der Waals surface area contributed by atoms with Crippen molar-refractivity contribution in [3.05, 3.63) is 35.9 Å². The predicted molar refractivity (Wildman–Crippen MR) is 97.4 cm³/mol. The molecule has 2 fully saturated rings. The molecule has 27 heavy (non-hydrogen) atoms. The highest BCUT2D eigenvalue weighted by Crippen LogP contribution is 2.43. The van der Waals surface area contributed by atoms with Gasteiger partial charge in [-0.1, -0.05) is 44.2 Å². The molecule has 1 amide bonds. The van der Waals surface area contributed by atoms with Gasteiger partial charge in [-0.3, -0.25) is 19.7 Å². The van der Waals surface area contributed by atoms with E-state index in [2.05, 4.69) is 5.32 Å². The molecular weight excluding hydrogens is 348 g/mol. The fourth-order valence-corrected chi connectivity index (χ4v) is 4.40. The van der Waals surface area contributed by atoms with Gasteiger partial charge in [0.05, 0.1) is 26.1 Å². The molecule has 146 valence electrons. The van der Waals surface area contributed by atoms with Crippen LogP contribution in [0.1, 0.15) is 19.4 Å². The quantitative estimate of drug-likeness (QED) is 0.791. The van der Waals surface area contributed by atoms with Crippen molar-refractivity contribution in [2.24, 2.45) is 17.3 Å². The van der Waals surface area contributed by atoms with Crippen LogP contribution in [0.3, 0.4) is 0 Å². The molecule has 2 aliphatic rings. The Morgan fingerprint density at radius 1 is 1.15 bits per heavy atom. The van der Waals surface area contributed by atoms with Crippen molar-refractivity contribution in [2.75, 3.05) is 20.8 Å². The maximum atomic E-state index is 13.3. The minimum Gasteiger partial charge on any atom is -0.469 e. The third-order valence-corrected chi connectivity index (χ3v) is 5.65. The van der Waals surface area contributed by atoms with Crippen molar-refractivity contribution in [3.8, 4) is 0 Å². The first-order valence-electron chi connectivity index (χ1n) is 9.04. The number of likely N-dealkylation sites (tertiary alicyclic amines) is 1. The zero-order chi connectivity index (χ0) is 19.8. The summed E-state index contributed by atoms with van der Waals surface area (Å²) < 4.78 is 9.78. The van der Waals surface area contributed by atoms with E-state index >= 15 is 0 Å². The van der Waals surface area contributed by atoms with Crippen LogP contribution in [0, 0.1) is 17.3 Å². The molecule has 0 spiro atoms. The number of benzene rings is 1. The van der Waals surface area contributed by atoms with Gasteiger partial charge in [0, 0.05) is 19.1 Å². The molecule has 1 N–H and O–H groups in total. The van der Waals surface area contributed by atoms with Crippen molar-refractivity contribution in [3.63, 3.8) is 0 Å². The minimum absolute atomic E-state index is 0.141. The number of hydrogen-bond acceptors (Lipinski definition) is 6. The van der Waals surface area contributed by atoms with Crippen LogP contribution in [-0.2, 0) is 30.4 Å². The van der Waals surface area contributed by atoms with E-state index in [1.54, 1.807) is 4.90 Å². The number of fused-ring (bicyclic) bond motifs is 1. The van der Waals surface area contributed by atoms with E-state index in [1.807, 2.05) is 44.2 Å². The second-order valence-corrected chi connectivity index (χ2v) is 7.89. The van der Waals surface area contributed by atoms with Crippen LogP contribution in [0.4, 0.5) is 0 Å². The van der Waals surface area contributed by atoms with E-state index in [-0.39, 0.29) is 17.4 Å². The van der Waals surface area contributed by atoms with Gasteiger partial charge in [-0.15, -0.1) is 0 Å². The van der Waals surface area contributed by atoms with Gasteiger partial charge < -0.3 is 14.4 Å². The topological polar surface area (TPSA) is 84.9 Å². The van der Waals surface area contributed by atoms with E-state index < -0.39 is 29.8 Å². The molecule has 7 nitrogen and oxygen atoms in total. The maximum Gasteiger partial charge on any atom is 0.323 e. The largest absolute Gasteiger partial charge is 0.469 e. The Bertz CT molecular complexity index is 733. The molecule has 1 aromatic carbocycles. The van der Waals surface area contributed by atoms with Crippen LogP contribution >= 0.6 is 0 Å². The number of esters is 2. The summed E-state index contributed by atoms with van der Waals surface area (Å²) in [4.78, 5) is 39.8. The fraction of sp³-hybridized carbons (Fsp3) is 0.550. The van der Waals surface area contributed by atoms with Crippen molar-refractivity contribution < 1.29 is 23.9 Å². The van der Waals surface area contributed by atoms with Gasteiger partial charge in [0.1, 0.15) is 6.04 Å². The Balaban J connectivity index is 1.95. The molecule has 0 bridgehead atoms.